The molecule has 4 aromatic rings. The molecule has 5 rings (SSSR count). The van der Waals surface area contributed by atoms with Crippen molar-refractivity contribution in [2.45, 2.75) is 45.4 Å². The number of pyridine rings is 1. The molecule has 0 aliphatic carbocycles. The average molecular weight is 540 g/mol. The van der Waals surface area contributed by atoms with E-state index in [1.165, 1.54) is 7.11 Å². The largest absolute Gasteiger partial charge is 0.486 e. The van der Waals surface area contributed by atoms with E-state index in [0.717, 1.165) is 47.0 Å². The fraction of sp³-hybridized carbons (Fsp3) is 0.321. The Balaban J connectivity index is 1.58. The minimum atomic E-state index is -0.401. The van der Waals surface area contributed by atoms with E-state index in [-0.39, 0.29) is 12.2 Å². The van der Waals surface area contributed by atoms with Crippen LogP contribution in [-0.2, 0) is 9.47 Å². The maximum Gasteiger partial charge on any atom is 0.338 e. The molecule has 3 heterocycles. The fourth-order valence-corrected chi connectivity index (χ4v) is 5.44. The summed E-state index contributed by atoms with van der Waals surface area (Å²) in [6.07, 6.45) is 5.59. The second kappa shape index (κ2) is 10.7. The van der Waals surface area contributed by atoms with Crippen molar-refractivity contribution in [2.24, 2.45) is 0 Å². The quantitative estimate of drug-likeness (QED) is 0.238. The molecule has 0 N–H and O–H groups in total. The lowest BCUT2D eigenvalue weighted by Crippen LogP contribution is -2.19. The predicted octanol–water partition coefficient (Wildman–Crippen LogP) is 7.34. The zero-order valence-corrected chi connectivity index (χ0v) is 22.3. The minimum absolute atomic E-state index is 0.138. The van der Waals surface area contributed by atoms with Crippen molar-refractivity contribution >= 4 is 40.1 Å². The van der Waals surface area contributed by atoms with E-state index in [0.29, 0.717) is 33.5 Å². The molecule has 1 aliphatic rings. The van der Waals surface area contributed by atoms with Gasteiger partial charge in [0.1, 0.15) is 17.5 Å². The number of aryl methyl sites for hydroxylation is 1. The van der Waals surface area contributed by atoms with E-state index < -0.39 is 6.10 Å². The second-order valence-electron chi connectivity index (χ2n) is 9.09. The standard InChI is InChI=1S/C28H27Cl2N3O4/c1-16-12-18(7-9-20(16)28(34)35-3)27-21-13-19(37-17(2)26-22(29)14-31-15-23(26)30)8-10-24(21)33(32-27)25-6-4-5-11-36-25/h7-10,12-15,17,25H,4-6,11H2,1-3H3/t17-,25?/m1/s1. The smallest absolute Gasteiger partial charge is 0.338 e. The number of hydrogen-bond acceptors (Lipinski definition) is 6. The van der Waals surface area contributed by atoms with Crippen LogP contribution in [0.25, 0.3) is 22.2 Å². The van der Waals surface area contributed by atoms with Gasteiger partial charge in [-0.1, -0.05) is 29.3 Å². The van der Waals surface area contributed by atoms with Gasteiger partial charge in [-0.2, -0.15) is 5.10 Å². The molecule has 1 saturated heterocycles. The zero-order valence-electron chi connectivity index (χ0n) is 20.8. The number of hydrogen-bond donors (Lipinski definition) is 0. The number of ether oxygens (including phenoxy) is 3. The number of nitrogens with zero attached hydrogens (tertiary/aromatic N) is 3. The van der Waals surface area contributed by atoms with Gasteiger partial charge in [-0.3, -0.25) is 4.98 Å². The Morgan fingerprint density at radius 1 is 1.14 bits per heavy atom. The highest BCUT2D eigenvalue weighted by Gasteiger charge is 2.23. The second-order valence-corrected chi connectivity index (χ2v) is 9.91. The van der Waals surface area contributed by atoms with Gasteiger partial charge >= 0.3 is 5.97 Å². The third kappa shape index (κ3) is 5.04. The summed E-state index contributed by atoms with van der Waals surface area (Å²) in [5.74, 6) is 0.283. The summed E-state index contributed by atoms with van der Waals surface area (Å²) in [5.41, 5.74) is 4.62. The lowest BCUT2D eigenvalue weighted by molar-refractivity contribution is -0.0365. The summed E-state index contributed by atoms with van der Waals surface area (Å²) < 4.78 is 19.2. The predicted molar refractivity (Wildman–Crippen MR) is 143 cm³/mol. The third-order valence-corrected chi connectivity index (χ3v) is 7.22. The molecule has 2 atom stereocenters. The van der Waals surface area contributed by atoms with Crippen molar-refractivity contribution in [2.75, 3.05) is 13.7 Å². The maximum atomic E-state index is 12.1. The van der Waals surface area contributed by atoms with Crippen LogP contribution in [0.4, 0.5) is 0 Å². The fourth-order valence-electron chi connectivity index (χ4n) is 4.77. The molecule has 0 amide bonds. The maximum absolute atomic E-state index is 12.1. The number of aromatic nitrogens is 3. The van der Waals surface area contributed by atoms with E-state index in [4.69, 9.17) is 42.5 Å². The Labute approximate surface area is 225 Å². The summed E-state index contributed by atoms with van der Waals surface area (Å²) in [6, 6.07) is 11.5. The third-order valence-electron chi connectivity index (χ3n) is 6.62. The van der Waals surface area contributed by atoms with Gasteiger partial charge in [0.15, 0.2) is 6.23 Å². The number of fused-ring (bicyclic) bond motifs is 1. The van der Waals surface area contributed by atoms with Crippen LogP contribution in [0.15, 0.2) is 48.8 Å². The Hall–Kier alpha value is -3.13. The summed E-state index contributed by atoms with van der Waals surface area (Å²) in [5, 5.41) is 6.81. The number of halogens is 2. The highest BCUT2D eigenvalue weighted by Crippen LogP contribution is 2.37. The van der Waals surface area contributed by atoms with Gasteiger partial charge < -0.3 is 14.2 Å². The Bertz CT molecular complexity index is 1440. The first-order valence-electron chi connectivity index (χ1n) is 12.2. The first kappa shape index (κ1) is 25.5. The topological polar surface area (TPSA) is 75.5 Å². The summed E-state index contributed by atoms with van der Waals surface area (Å²) in [6.45, 7) is 4.49. The number of methoxy groups -OCH3 is 1. The number of esters is 1. The van der Waals surface area contributed by atoms with Crippen LogP contribution in [-0.4, -0.2) is 34.5 Å². The molecule has 0 spiro atoms. The Kier molecular flexibility index (Phi) is 7.38. The van der Waals surface area contributed by atoms with E-state index in [1.54, 1.807) is 18.5 Å². The van der Waals surface area contributed by atoms with Gasteiger partial charge in [-0.15, -0.1) is 0 Å². The molecular formula is C28H27Cl2N3O4. The van der Waals surface area contributed by atoms with Crippen molar-refractivity contribution in [3.63, 3.8) is 0 Å². The Morgan fingerprint density at radius 2 is 1.92 bits per heavy atom. The highest BCUT2D eigenvalue weighted by molar-refractivity contribution is 6.35. The molecule has 2 aromatic carbocycles. The molecule has 37 heavy (non-hydrogen) atoms. The van der Waals surface area contributed by atoms with E-state index in [2.05, 4.69) is 4.98 Å². The van der Waals surface area contributed by atoms with Crippen molar-refractivity contribution in [3.8, 4) is 17.0 Å². The van der Waals surface area contributed by atoms with Crippen molar-refractivity contribution < 1.29 is 19.0 Å². The van der Waals surface area contributed by atoms with Crippen LogP contribution in [0.5, 0.6) is 5.75 Å². The average Bonchev–Trinajstić information content (AvgIpc) is 3.27. The zero-order chi connectivity index (χ0) is 26.1. The molecule has 1 fully saturated rings. The molecule has 7 nitrogen and oxygen atoms in total. The summed E-state index contributed by atoms with van der Waals surface area (Å²) >= 11 is 12.7. The number of carbonyl (C=O) groups is 1. The number of benzene rings is 2. The van der Waals surface area contributed by atoms with Gasteiger partial charge in [0, 0.05) is 35.5 Å². The number of carbonyl (C=O) groups excluding carboxylic acids is 1. The molecule has 0 saturated carbocycles. The number of rotatable bonds is 6. The van der Waals surface area contributed by atoms with Crippen LogP contribution in [0.2, 0.25) is 10.0 Å². The Morgan fingerprint density at radius 3 is 2.59 bits per heavy atom. The van der Waals surface area contributed by atoms with Gasteiger partial charge in [-0.05, 0) is 69.0 Å². The molecular weight excluding hydrogens is 513 g/mol. The van der Waals surface area contributed by atoms with Crippen LogP contribution in [0.1, 0.15) is 60.0 Å². The SMILES string of the molecule is COC(=O)c1ccc(-c2nn(C3CCCCO3)c3ccc(O[C@H](C)c4c(Cl)cncc4Cl)cc23)cc1C. The molecule has 9 heteroatoms. The monoisotopic (exact) mass is 539 g/mol. The van der Waals surface area contributed by atoms with E-state index in [1.807, 2.05) is 48.9 Å². The van der Waals surface area contributed by atoms with Crippen molar-refractivity contribution in [1.82, 2.24) is 14.8 Å². The summed E-state index contributed by atoms with van der Waals surface area (Å²) in [7, 11) is 1.38. The van der Waals surface area contributed by atoms with Gasteiger partial charge in [0.2, 0.25) is 0 Å². The normalized spacial score (nSPS) is 16.5. The lowest BCUT2D eigenvalue weighted by Gasteiger charge is -2.23. The van der Waals surface area contributed by atoms with Crippen molar-refractivity contribution in [1.29, 1.82) is 0 Å². The first-order chi connectivity index (χ1) is 17.9. The molecule has 192 valence electrons. The van der Waals surface area contributed by atoms with Crippen molar-refractivity contribution in [3.05, 3.63) is 75.5 Å². The molecule has 0 bridgehead atoms. The highest BCUT2D eigenvalue weighted by atomic mass is 35.5. The summed E-state index contributed by atoms with van der Waals surface area (Å²) in [4.78, 5) is 16.1. The van der Waals surface area contributed by atoms with Crippen LogP contribution >= 0.6 is 23.2 Å². The van der Waals surface area contributed by atoms with Gasteiger partial charge in [0.05, 0.1) is 28.2 Å². The lowest BCUT2D eigenvalue weighted by atomic mass is 10.0. The molecule has 0 radical (unpaired) electrons. The molecule has 2 aromatic heterocycles. The van der Waals surface area contributed by atoms with Crippen LogP contribution in [0, 0.1) is 6.92 Å². The molecule has 1 aliphatic heterocycles. The van der Waals surface area contributed by atoms with Gasteiger partial charge in [0.25, 0.3) is 0 Å². The minimum Gasteiger partial charge on any atom is -0.486 e. The van der Waals surface area contributed by atoms with Crippen LogP contribution in [0.3, 0.4) is 0 Å². The first-order valence-corrected chi connectivity index (χ1v) is 12.9. The van der Waals surface area contributed by atoms with Gasteiger partial charge in [-0.25, -0.2) is 9.48 Å². The van der Waals surface area contributed by atoms with Crippen LogP contribution < -0.4 is 4.74 Å². The molecule has 1 unspecified atom stereocenters. The van der Waals surface area contributed by atoms with E-state index in [9.17, 15) is 4.79 Å². The van der Waals surface area contributed by atoms with E-state index >= 15 is 0 Å².